The van der Waals surface area contributed by atoms with E-state index in [1.54, 1.807) is 11.8 Å². The molecular formula is C10H20N2O4S. The van der Waals surface area contributed by atoms with E-state index < -0.39 is 24.6 Å². The molecule has 0 aliphatic carbocycles. The van der Waals surface area contributed by atoms with Crippen LogP contribution < -0.4 is 10.6 Å². The van der Waals surface area contributed by atoms with Crippen molar-refractivity contribution in [3.8, 4) is 0 Å². The van der Waals surface area contributed by atoms with E-state index in [4.69, 9.17) is 10.2 Å². The molecule has 0 bridgehead atoms. The maximum absolute atomic E-state index is 11.2. The van der Waals surface area contributed by atoms with Crippen molar-refractivity contribution < 1.29 is 19.8 Å². The largest absolute Gasteiger partial charge is 0.480 e. The molecule has 0 aromatic carbocycles. The molecule has 100 valence electrons. The summed E-state index contributed by atoms with van der Waals surface area (Å²) in [7, 11) is 0. The number of carboxylic acids is 1. The molecule has 0 aromatic rings. The van der Waals surface area contributed by atoms with Gasteiger partial charge in [0.2, 0.25) is 0 Å². The number of hydrogen-bond acceptors (Lipinski definition) is 4. The smallest absolute Gasteiger partial charge is 0.328 e. The Kier molecular flexibility index (Phi) is 9.65. The topological polar surface area (TPSA) is 98.7 Å². The van der Waals surface area contributed by atoms with Gasteiger partial charge in [0.25, 0.3) is 0 Å². The number of aliphatic hydroxyl groups is 1. The lowest BCUT2D eigenvalue weighted by Crippen LogP contribution is -2.48. The molecule has 0 radical (unpaired) electrons. The summed E-state index contributed by atoms with van der Waals surface area (Å²) in [6.07, 6.45) is 5.06. The van der Waals surface area contributed by atoms with Crippen LogP contribution in [0.25, 0.3) is 0 Å². The van der Waals surface area contributed by atoms with E-state index in [1.807, 2.05) is 6.26 Å². The van der Waals surface area contributed by atoms with E-state index in [-0.39, 0.29) is 0 Å². The van der Waals surface area contributed by atoms with Crippen molar-refractivity contribution in [3.05, 3.63) is 0 Å². The number of hydrogen-bond donors (Lipinski definition) is 4. The van der Waals surface area contributed by atoms with Gasteiger partial charge in [-0.2, -0.15) is 11.8 Å². The van der Waals surface area contributed by atoms with Gasteiger partial charge in [-0.05, 0) is 24.9 Å². The highest BCUT2D eigenvalue weighted by Gasteiger charge is 2.17. The second kappa shape index (κ2) is 10.2. The third kappa shape index (κ3) is 8.82. The maximum Gasteiger partial charge on any atom is 0.328 e. The highest BCUT2D eigenvalue weighted by atomic mass is 32.2. The Morgan fingerprint density at radius 2 is 2.00 bits per heavy atom. The zero-order valence-corrected chi connectivity index (χ0v) is 10.8. The average Bonchev–Trinajstić information content (AvgIpc) is 2.30. The molecule has 0 aliphatic heterocycles. The number of urea groups is 1. The van der Waals surface area contributed by atoms with E-state index in [1.165, 1.54) is 0 Å². The quantitative estimate of drug-likeness (QED) is 0.448. The zero-order chi connectivity index (χ0) is 13.1. The third-order valence-electron chi connectivity index (χ3n) is 2.10. The first kappa shape index (κ1) is 16.1. The lowest BCUT2D eigenvalue weighted by Gasteiger charge is -2.12. The molecule has 0 saturated carbocycles. The third-order valence-corrected chi connectivity index (χ3v) is 2.79. The molecule has 0 aromatic heterocycles. The second-order valence-corrected chi connectivity index (χ2v) is 4.51. The minimum absolute atomic E-state index is 0.512. The van der Waals surface area contributed by atoms with Gasteiger partial charge in [-0.25, -0.2) is 9.59 Å². The van der Waals surface area contributed by atoms with Crippen LogP contribution >= 0.6 is 11.8 Å². The number of carboxylic acid groups (broad SMARTS) is 1. The lowest BCUT2D eigenvalue weighted by atomic mass is 10.2. The summed E-state index contributed by atoms with van der Waals surface area (Å²) in [6.45, 7) is -0.103. The van der Waals surface area contributed by atoms with E-state index in [0.29, 0.717) is 6.54 Å². The first-order valence-corrected chi connectivity index (χ1v) is 6.88. The first-order valence-electron chi connectivity index (χ1n) is 5.48. The molecule has 0 rings (SSSR count). The molecular weight excluding hydrogens is 244 g/mol. The predicted octanol–water partition coefficient (Wildman–Crippen LogP) is 0.264. The number of unbranched alkanes of at least 4 members (excludes halogenated alkanes) is 2. The van der Waals surface area contributed by atoms with Crippen LogP contribution in [-0.4, -0.2) is 53.4 Å². The minimum Gasteiger partial charge on any atom is -0.480 e. The number of nitrogens with one attached hydrogen (secondary N) is 2. The van der Waals surface area contributed by atoms with Gasteiger partial charge in [0.15, 0.2) is 6.04 Å². The van der Waals surface area contributed by atoms with Gasteiger partial charge in [0.05, 0.1) is 6.61 Å². The molecule has 0 aliphatic rings. The van der Waals surface area contributed by atoms with Crippen LogP contribution in [0.3, 0.4) is 0 Å². The number of aliphatic hydroxyl groups excluding tert-OH is 1. The van der Waals surface area contributed by atoms with Crippen molar-refractivity contribution in [1.29, 1.82) is 0 Å². The van der Waals surface area contributed by atoms with Gasteiger partial charge in [-0.15, -0.1) is 0 Å². The Morgan fingerprint density at radius 1 is 1.29 bits per heavy atom. The normalized spacial score (nSPS) is 11.9. The number of thioether (sulfide) groups is 1. The van der Waals surface area contributed by atoms with Crippen LogP contribution in [0.15, 0.2) is 0 Å². The zero-order valence-electron chi connectivity index (χ0n) is 9.94. The van der Waals surface area contributed by atoms with Crippen LogP contribution in [-0.2, 0) is 4.79 Å². The summed E-state index contributed by atoms with van der Waals surface area (Å²) in [5.74, 6) is -0.139. The van der Waals surface area contributed by atoms with Gasteiger partial charge in [-0.1, -0.05) is 6.42 Å². The monoisotopic (exact) mass is 264 g/mol. The number of carbonyl (C=O) groups excluding carboxylic acids is 1. The van der Waals surface area contributed by atoms with E-state index in [9.17, 15) is 9.59 Å². The van der Waals surface area contributed by atoms with Gasteiger partial charge in [0, 0.05) is 6.54 Å². The molecule has 4 N–H and O–H groups in total. The first-order chi connectivity index (χ1) is 8.11. The average molecular weight is 264 g/mol. The summed E-state index contributed by atoms with van der Waals surface area (Å²) in [5.41, 5.74) is 0. The fraction of sp³-hybridized carbons (Fsp3) is 0.800. The number of aliphatic carboxylic acids is 1. The molecule has 0 heterocycles. The lowest BCUT2D eigenvalue weighted by molar-refractivity contribution is -0.140. The van der Waals surface area contributed by atoms with Crippen LogP contribution in [0.2, 0.25) is 0 Å². The van der Waals surface area contributed by atoms with Crippen LogP contribution in [0.4, 0.5) is 4.79 Å². The van der Waals surface area contributed by atoms with Gasteiger partial charge in [0.1, 0.15) is 0 Å². The molecule has 0 fully saturated rings. The van der Waals surface area contributed by atoms with Gasteiger partial charge in [-0.3, -0.25) is 0 Å². The van der Waals surface area contributed by atoms with Crippen molar-refractivity contribution in [2.45, 2.75) is 25.3 Å². The Balaban J connectivity index is 3.55. The van der Waals surface area contributed by atoms with Crippen molar-refractivity contribution in [2.75, 3.05) is 25.2 Å². The molecule has 0 spiro atoms. The van der Waals surface area contributed by atoms with Crippen molar-refractivity contribution in [2.24, 2.45) is 0 Å². The van der Waals surface area contributed by atoms with Crippen molar-refractivity contribution in [3.63, 3.8) is 0 Å². The second-order valence-electron chi connectivity index (χ2n) is 3.53. The summed E-state index contributed by atoms with van der Waals surface area (Å²) < 4.78 is 0. The van der Waals surface area contributed by atoms with Crippen LogP contribution in [0, 0.1) is 0 Å². The molecule has 17 heavy (non-hydrogen) atoms. The van der Waals surface area contributed by atoms with Crippen LogP contribution in [0.1, 0.15) is 19.3 Å². The number of amides is 2. The SMILES string of the molecule is CSCCCCCNC(=O)N[C@@H](CO)C(=O)O. The molecule has 0 unspecified atom stereocenters. The molecule has 6 nitrogen and oxygen atoms in total. The van der Waals surface area contributed by atoms with Gasteiger partial charge >= 0.3 is 12.0 Å². The Hall–Kier alpha value is -0.950. The number of rotatable bonds is 9. The van der Waals surface area contributed by atoms with E-state index >= 15 is 0 Å². The fourth-order valence-electron chi connectivity index (χ4n) is 1.14. The Morgan fingerprint density at radius 3 is 2.53 bits per heavy atom. The Bertz CT molecular complexity index is 238. The van der Waals surface area contributed by atoms with Crippen LogP contribution in [0.5, 0.6) is 0 Å². The van der Waals surface area contributed by atoms with E-state index in [0.717, 1.165) is 25.0 Å². The maximum atomic E-state index is 11.2. The molecule has 1 atom stereocenters. The summed E-state index contributed by atoms with van der Waals surface area (Å²) >= 11 is 1.79. The standard InChI is InChI=1S/C10H20N2O4S/c1-17-6-4-2-3-5-11-10(16)12-8(7-13)9(14)15/h8,13H,2-7H2,1H3,(H,14,15)(H2,11,12,16)/t8-/m0/s1. The van der Waals surface area contributed by atoms with E-state index in [2.05, 4.69) is 10.6 Å². The summed E-state index contributed by atoms with van der Waals surface area (Å²) in [4.78, 5) is 21.7. The summed E-state index contributed by atoms with van der Waals surface area (Å²) in [6, 6.07) is -1.80. The van der Waals surface area contributed by atoms with Crippen molar-refractivity contribution >= 4 is 23.8 Å². The highest BCUT2D eigenvalue weighted by Crippen LogP contribution is 2.01. The minimum atomic E-state index is -1.25. The highest BCUT2D eigenvalue weighted by molar-refractivity contribution is 7.98. The Labute approximate surface area is 105 Å². The fourth-order valence-corrected chi connectivity index (χ4v) is 1.64. The van der Waals surface area contributed by atoms with Gasteiger partial charge < -0.3 is 20.8 Å². The summed E-state index contributed by atoms with van der Waals surface area (Å²) in [5, 5.41) is 22.0. The predicted molar refractivity (Wildman–Crippen MR) is 67.3 cm³/mol. The van der Waals surface area contributed by atoms with Crippen molar-refractivity contribution in [1.82, 2.24) is 10.6 Å². The molecule has 7 heteroatoms. The molecule has 2 amide bonds. The molecule has 0 saturated heterocycles. The number of carbonyl (C=O) groups is 2.